The van der Waals surface area contributed by atoms with Crippen LogP contribution in [0.3, 0.4) is 0 Å². The molecular weight excluding hydrogens is 416 g/mol. The van der Waals surface area contributed by atoms with Crippen LogP contribution >= 0.6 is 0 Å². The lowest BCUT2D eigenvalue weighted by atomic mass is 10.1. The average Bonchev–Trinajstić information content (AvgIpc) is 3.25. The number of para-hydroxylation sites is 2. The highest BCUT2D eigenvalue weighted by molar-refractivity contribution is 7.92. The van der Waals surface area contributed by atoms with Crippen LogP contribution in [-0.2, 0) is 16.4 Å². The van der Waals surface area contributed by atoms with Gasteiger partial charge in [-0.3, -0.25) is 9.71 Å². The topological polar surface area (TPSA) is 107 Å². The molecule has 0 saturated heterocycles. The zero-order valence-corrected chi connectivity index (χ0v) is 17.5. The van der Waals surface area contributed by atoms with E-state index in [1.54, 1.807) is 61.8 Å². The van der Waals surface area contributed by atoms with Crippen LogP contribution in [0, 0.1) is 0 Å². The van der Waals surface area contributed by atoms with Crippen molar-refractivity contribution in [1.29, 1.82) is 0 Å². The van der Waals surface area contributed by atoms with Gasteiger partial charge in [0.05, 0.1) is 18.7 Å². The summed E-state index contributed by atoms with van der Waals surface area (Å²) >= 11 is 0. The number of benzene rings is 2. The molecule has 8 nitrogen and oxygen atoms in total. The van der Waals surface area contributed by atoms with E-state index in [1.807, 2.05) is 12.1 Å². The molecule has 31 heavy (non-hydrogen) atoms. The van der Waals surface area contributed by atoms with E-state index in [-0.39, 0.29) is 11.3 Å². The van der Waals surface area contributed by atoms with Gasteiger partial charge in [0.15, 0.2) is 0 Å². The van der Waals surface area contributed by atoms with Crippen LogP contribution in [0.15, 0.2) is 82.5 Å². The highest BCUT2D eigenvalue weighted by Gasteiger charge is 2.21. The molecule has 9 heteroatoms. The smallest absolute Gasteiger partial charge is 0.265 e. The number of anilines is 1. The second kappa shape index (κ2) is 8.97. The summed E-state index contributed by atoms with van der Waals surface area (Å²) in [6, 6.07) is 17.2. The Morgan fingerprint density at radius 3 is 2.55 bits per heavy atom. The van der Waals surface area contributed by atoms with Crippen molar-refractivity contribution in [2.45, 2.75) is 18.2 Å². The van der Waals surface area contributed by atoms with Crippen molar-refractivity contribution >= 4 is 15.7 Å². The zero-order chi connectivity index (χ0) is 21.7. The number of nitrogens with one attached hydrogen (secondary N) is 1. The molecule has 2 heterocycles. The van der Waals surface area contributed by atoms with Crippen molar-refractivity contribution in [3.05, 3.63) is 84.5 Å². The predicted molar refractivity (Wildman–Crippen MR) is 115 cm³/mol. The number of ether oxygens (including phenoxy) is 1. The lowest BCUT2D eigenvalue weighted by molar-refractivity contribution is 0.331. The normalized spacial score (nSPS) is 11.3. The number of sulfonamides is 1. The Kier molecular flexibility index (Phi) is 5.94. The van der Waals surface area contributed by atoms with E-state index in [0.717, 1.165) is 5.56 Å². The Hall–Kier alpha value is -3.72. The van der Waals surface area contributed by atoms with Crippen molar-refractivity contribution in [1.82, 2.24) is 15.1 Å². The molecule has 158 valence electrons. The highest BCUT2D eigenvalue weighted by Crippen LogP contribution is 2.28. The molecule has 0 aliphatic rings. The molecule has 0 radical (unpaired) electrons. The van der Waals surface area contributed by atoms with Crippen LogP contribution in [0.5, 0.6) is 5.75 Å². The summed E-state index contributed by atoms with van der Waals surface area (Å²) in [5, 5.41) is 4.00. The molecule has 0 saturated carbocycles. The number of hydrogen-bond donors (Lipinski definition) is 1. The van der Waals surface area contributed by atoms with Crippen molar-refractivity contribution in [3.63, 3.8) is 0 Å². The summed E-state index contributed by atoms with van der Waals surface area (Å²) < 4.78 is 39.6. The molecule has 0 unspecified atom stereocenters. The van der Waals surface area contributed by atoms with E-state index in [1.165, 1.54) is 6.07 Å². The lowest BCUT2D eigenvalue weighted by Gasteiger charge is -2.14. The summed E-state index contributed by atoms with van der Waals surface area (Å²) in [6.07, 6.45) is 3.56. The van der Waals surface area contributed by atoms with Crippen molar-refractivity contribution in [3.8, 4) is 17.1 Å². The molecule has 0 aliphatic heterocycles. The first-order chi connectivity index (χ1) is 15.1. The third-order valence-electron chi connectivity index (χ3n) is 4.45. The van der Waals surface area contributed by atoms with Crippen LogP contribution in [0.1, 0.15) is 18.4 Å². The maximum Gasteiger partial charge on any atom is 0.265 e. The quantitative estimate of drug-likeness (QED) is 0.446. The van der Waals surface area contributed by atoms with Crippen LogP contribution in [0.2, 0.25) is 0 Å². The zero-order valence-electron chi connectivity index (χ0n) is 16.7. The number of nitrogens with zero attached hydrogens (tertiary/aromatic N) is 3. The first-order valence-electron chi connectivity index (χ1n) is 9.62. The minimum atomic E-state index is -3.87. The van der Waals surface area contributed by atoms with E-state index < -0.39 is 10.0 Å². The minimum Gasteiger partial charge on any atom is -0.492 e. The van der Waals surface area contributed by atoms with E-state index in [9.17, 15) is 8.42 Å². The fourth-order valence-corrected chi connectivity index (χ4v) is 4.28. The van der Waals surface area contributed by atoms with Crippen molar-refractivity contribution in [2.75, 3.05) is 11.3 Å². The fourth-order valence-electron chi connectivity index (χ4n) is 3.03. The molecule has 0 fully saturated rings. The second-order valence-electron chi connectivity index (χ2n) is 6.57. The van der Waals surface area contributed by atoms with Crippen LogP contribution in [-0.4, -0.2) is 30.1 Å². The molecule has 0 bridgehead atoms. The van der Waals surface area contributed by atoms with Gasteiger partial charge in [-0.2, -0.15) is 4.98 Å². The Bertz CT molecular complexity index is 1270. The lowest BCUT2D eigenvalue weighted by Crippen LogP contribution is -2.15. The fraction of sp³-hybridized carbons (Fsp3) is 0.136. The Balaban J connectivity index is 1.59. The average molecular weight is 436 g/mol. The molecule has 2 aromatic carbocycles. The Morgan fingerprint density at radius 2 is 1.74 bits per heavy atom. The molecule has 4 aromatic rings. The van der Waals surface area contributed by atoms with Crippen LogP contribution < -0.4 is 9.46 Å². The van der Waals surface area contributed by atoms with Gasteiger partial charge in [-0.1, -0.05) is 35.5 Å². The van der Waals surface area contributed by atoms with Gasteiger partial charge in [0, 0.05) is 18.0 Å². The van der Waals surface area contributed by atoms with Gasteiger partial charge in [-0.15, -0.1) is 0 Å². The van der Waals surface area contributed by atoms with Gasteiger partial charge in [-0.25, -0.2) is 8.42 Å². The number of hydrogen-bond acceptors (Lipinski definition) is 7. The third-order valence-corrected chi connectivity index (χ3v) is 5.85. The summed E-state index contributed by atoms with van der Waals surface area (Å²) in [5.74, 6) is 1.11. The van der Waals surface area contributed by atoms with Crippen molar-refractivity contribution < 1.29 is 17.7 Å². The number of rotatable bonds is 8. The first-order valence-corrected chi connectivity index (χ1v) is 11.1. The van der Waals surface area contributed by atoms with Gasteiger partial charge in [0.2, 0.25) is 11.7 Å². The van der Waals surface area contributed by atoms with Crippen LogP contribution in [0.4, 0.5) is 5.69 Å². The predicted octanol–water partition coefficient (Wildman–Crippen LogP) is 3.92. The van der Waals surface area contributed by atoms with Crippen molar-refractivity contribution in [2.24, 2.45) is 0 Å². The Labute approximate surface area is 180 Å². The van der Waals surface area contributed by atoms with Gasteiger partial charge in [0.25, 0.3) is 10.0 Å². The summed E-state index contributed by atoms with van der Waals surface area (Å²) in [5.41, 5.74) is 1.91. The maximum absolute atomic E-state index is 13.0. The summed E-state index contributed by atoms with van der Waals surface area (Å²) in [7, 11) is -3.87. The number of pyridine rings is 1. The highest BCUT2D eigenvalue weighted by atomic mass is 32.2. The molecular formula is C22H20N4O4S. The van der Waals surface area contributed by atoms with Crippen LogP contribution in [0.25, 0.3) is 11.4 Å². The summed E-state index contributed by atoms with van der Waals surface area (Å²) in [4.78, 5) is 8.45. The first kappa shape index (κ1) is 20.5. The van der Waals surface area contributed by atoms with E-state index in [2.05, 4.69) is 19.8 Å². The van der Waals surface area contributed by atoms with Gasteiger partial charge in [-0.05, 0) is 42.8 Å². The van der Waals surface area contributed by atoms with E-state index >= 15 is 0 Å². The van der Waals surface area contributed by atoms with Gasteiger partial charge >= 0.3 is 0 Å². The second-order valence-corrected chi connectivity index (χ2v) is 8.22. The molecule has 0 aliphatic carbocycles. The SMILES string of the molecule is CCOc1ccccc1S(=O)(=O)Nc1ccccc1Cc1nc(-c2ccncc2)no1. The molecule has 1 N–H and O–H groups in total. The monoisotopic (exact) mass is 436 g/mol. The van der Waals surface area contributed by atoms with E-state index in [0.29, 0.717) is 35.3 Å². The molecule has 4 rings (SSSR count). The molecule has 0 spiro atoms. The van der Waals surface area contributed by atoms with Gasteiger partial charge in [0.1, 0.15) is 10.6 Å². The third kappa shape index (κ3) is 4.72. The largest absolute Gasteiger partial charge is 0.492 e. The molecule has 2 aromatic heterocycles. The van der Waals surface area contributed by atoms with Gasteiger partial charge < -0.3 is 9.26 Å². The molecule has 0 amide bonds. The Morgan fingerprint density at radius 1 is 1.00 bits per heavy atom. The summed E-state index contributed by atoms with van der Waals surface area (Å²) in [6.45, 7) is 2.16. The van der Waals surface area contributed by atoms with E-state index in [4.69, 9.17) is 9.26 Å². The minimum absolute atomic E-state index is 0.0735. The number of aromatic nitrogens is 3. The molecule has 0 atom stereocenters. The maximum atomic E-state index is 13.0. The standard InChI is InChI=1S/C22H20N4O4S/c1-2-29-19-9-5-6-10-20(19)31(27,28)26-18-8-4-3-7-17(18)15-21-24-22(25-30-21)16-11-13-23-14-12-16/h3-14,26H,2,15H2,1H3.